The molecule has 0 atom stereocenters. The Morgan fingerprint density at radius 1 is 1.26 bits per heavy atom. The summed E-state index contributed by atoms with van der Waals surface area (Å²) < 4.78 is 3.25. The average Bonchev–Trinajstić information content (AvgIpc) is 3.21. The van der Waals surface area contributed by atoms with Gasteiger partial charge in [-0.3, -0.25) is 29.7 Å². The zero-order valence-corrected chi connectivity index (χ0v) is 15.9. The standard InChI is InChI=1S/C18H18N6O2S/c1-4-24-16(26)11-7-5-6-8-13(11)19-18(24)21-20-15(25)14-9-12-10(2)22-23(3)17(12)27-14/h5-9H,4H2,1-3H3,(H,19,21)(H,20,25). The summed E-state index contributed by atoms with van der Waals surface area (Å²) >= 11 is 1.36. The minimum absolute atomic E-state index is 0.150. The maximum absolute atomic E-state index is 12.6. The van der Waals surface area contributed by atoms with Crippen molar-refractivity contribution in [3.63, 3.8) is 0 Å². The van der Waals surface area contributed by atoms with Gasteiger partial charge in [0.25, 0.3) is 11.5 Å². The number of para-hydroxylation sites is 1. The maximum atomic E-state index is 12.6. The number of hydrogen-bond acceptors (Lipinski definition) is 6. The lowest BCUT2D eigenvalue weighted by Crippen LogP contribution is -2.34. The Balaban J connectivity index is 1.63. The monoisotopic (exact) mass is 382 g/mol. The number of aryl methyl sites for hydroxylation is 2. The number of hydrogen-bond donors (Lipinski definition) is 2. The van der Waals surface area contributed by atoms with Gasteiger partial charge in [-0.15, -0.1) is 11.3 Å². The van der Waals surface area contributed by atoms with Crippen LogP contribution in [0.2, 0.25) is 0 Å². The van der Waals surface area contributed by atoms with Gasteiger partial charge in [0.2, 0.25) is 5.95 Å². The molecule has 0 aliphatic heterocycles. The second kappa shape index (κ2) is 6.51. The van der Waals surface area contributed by atoms with Crippen LogP contribution >= 0.6 is 11.3 Å². The van der Waals surface area contributed by atoms with Crippen molar-refractivity contribution in [3.05, 3.63) is 51.3 Å². The van der Waals surface area contributed by atoms with Crippen LogP contribution in [0, 0.1) is 6.92 Å². The van der Waals surface area contributed by atoms with E-state index in [4.69, 9.17) is 0 Å². The van der Waals surface area contributed by atoms with Gasteiger partial charge in [-0.05, 0) is 32.0 Å². The Labute approximate surface area is 158 Å². The van der Waals surface area contributed by atoms with Gasteiger partial charge in [0.15, 0.2) is 0 Å². The van der Waals surface area contributed by atoms with Gasteiger partial charge in [-0.2, -0.15) is 5.10 Å². The Kier molecular flexibility index (Phi) is 4.15. The second-order valence-electron chi connectivity index (χ2n) is 6.12. The molecule has 9 heteroatoms. The molecule has 1 amide bonds. The lowest BCUT2D eigenvalue weighted by Gasteiger charge is -2.13. The van der Waals surface area contributed by atoms with E-state index in [1.807, 2.05) is 33.0 Å². The van der Waals surface area contributed by atoms with Gasteiger partial charge < -0.3 is 0 Å². The van der Waals surface area contributed by atoms with Crippen LogP contribution in [-0.4, -0.2) is 25.2 Å². The minimum atomic E-state index is -0.291. The fourth-order valence-electron chi connectivity index (χ4n) is 3.05. The number of benzene rings is 1. The topological polar surface area (TPSA) is 93.8 Å². The van der Waals surface area contributed by atoms with Crippen molar-refractivity contribution in [2.24, 2.45) is 7.05 Å². The summed E-state index contributed by atoms with van der Waals surface area (Å²) in [5, 5.41) is 5.84. The molecule has 4 rings (SSSR count). The number of amides is 1. The maximum Gasteiger partial charge on any atom is 0.279 e. The summed E-state index contributed by atoms with van der Waals surface area (Å²) in [4.78, 5) is 31.1. The van der Waals surface area contributed by atoms with E-state index >= 15 is 0 Å². The molecule has 4 aromatic rings. The summed E-state index contributed by atoms with van der Waals surface area (Å²) in [6.45, 7) is 4.20. The Bertz CT molecular complexity index is 1200. The van der Waals surface area contributed by atoms with Gasteiger partial charge in [0.05, 0.1) is 21.5 Å². The summed E-state index contributed by atoms with van der Waals surface area (Å²) in [7, 11) is 1.85. The Morgan fingerprint density at radius 3 is 2.78 bits per heavy atom. The largest absolute Gasteiger partial charge is 0.279 e. The van der Waals surface area contributed by atoms with Crippen LogP contribution in [0.25, 0.3) is 21.1 Å². The number of fused-ring (bicyclic) bond motifs is 2. The molecule has 0 aliphatic carbocycles. The smallest absolute Gasteiger partial charge is 0.277 e. The second-order valence-corrected chi connectivity index (χ2v) is 7.15. The molecule has 3 heterocycles. The van der Waals surface area contributed by atoms with Crippen molar-refractivity contribution in [2.75, 3.05) is 5.43 Å². The number of nitrogens with one attached hydrogen (secondary N) is 2. The molecule has 2 N–H and O–H groups in total. The molecule has 0 spiro atoms. The molecule has 0 radical (unpaired) electrons. The van der Waals surface area contributed by atoms with E-state index in [1.165, 1.54) is 15.9 Å². The predicted molar refractivity (Wildman–Crippen MR) is 106 cm³/mol. The first-order valence-corrected chi connectivity index (χ1v) is 9.30. The van der Waals surface area contributed by atoms with Crippen molar-refractivity contribution in [1.29, 1.82) is 0 Å². The zero-order chi connectivity index (χ0) is 19.1. The minimum Gasteiger partial charge on any atom is -0.277 e. The third kappa shape index (κ3) is 2.85. The molecule has 0 bridgehead atoms. The van der Waals surface area contributed by atoms with E-state index in [1.54, 1.807) is 22.9 Å². The van der Waals surface area contributed by atoms with Gasteiger partial charge in [-0.25, -0.2) is 4.98 Å². The van der Waals surface area contributed by atoms with E-state index < -0.39 is 0 Å². The first-order valence-electron chi connectivity index (χ1n) is 8.48. The molecular weight excluding hydrogens is 364 g/mol. The third-order valence-electron chi connectivity index (χ3n) is 4.39. The van der Waals surface area contributed by atoms with Gasteiger partial charge in [0, 0.05) is 19.0 Å². The molecule has 138 valence electrons. The average molecular weight is 382 g/mol. The van der Waals surface area contributed by atoms with E-state index in [2.05, 4.69) is 20.9 Å². The lowest BCUT2D eigenvalue weighted by molar-refractivity contribution is 0.0966. The number of rotatable bonds is 4. The van der Waals surface area contributed by atoms with Crippen molar-refractivity contribution >= 4 is 44.3 Å². The highest BCUT2D eigenvalue weighted by Gasteiger charge is 2.16. The molecule has 0 aliphatic rings. The van der Waals surface area contributed by atoms with Crippen LogP contribution in [0.4, 0.5) is 5.95 Å². The molecule has 27 heavy (non-hydrogen) atoms. The number of aromatic nitrogens is 4. The summed E-state index contributed by atoms with van der Waals surface area (Å²) in [6.07, 6.45) is 0. The highest BCUT2D eigenvalue weighted by molar-refractivity contribution is 7.20. The van der Waals surface area contributed by atoms with Crippen LogP contribution in [-0.2, 0) is 13.6 Å². The number of thiophene rings is 1. The number of anilines is 1. The number of nitrogens with zero attached hydrogens (tertiary/aromatic N) is 4. The molecule has 1 aromatic carbocycles. The van der Waals surface area contributed by atoms with E-state index in [0.29, 0.717) is 28.3 Å². The first kappa shape index (κ1) is 17.2. The molecule has 0 fully saturated rings. The van der Waals surface area contributed by atoms with E-state index in [9.17, 15) is 9.59 Å². The quantitative estimate of drug-likeness (QED) is 0.529. The molecular formula is C18H18N6O2S. The molecule has 8 nitrogen and oxygen atoms in total. The van der Waals surface area contributed by atoms with Crippen LogP contribution in [0.5, 0.6) is 0 Å². The number of hydrazine groups is 1. The van der Waals surface area contributed by atoms with Gasteiger partial charge in [-0.1, -0.05) is 12.1 Å². The van der Waals surface area contributed by atoms with Crippen molar-refractivity contribution in [2.45, 2.75) is 20.4 Å². The lowest BCUT2D eigenvalue weighted by atomic mass is 10.2. The molecule has 0 saturated heterocycles. The fourth-order valence-corrected chi connectivity index (χ4v) is 4.07. The zero-order valence-electron chi connectivity index (χ0n) is 15.1. The van der Waals surface area contributed by atoms with Gasteiger partial charge >= 0.3 is 0 Å². The first-order chi connectivity index (χ1) is 13.0. The van der Waals surface area contributed by atoms with Crippen molar-refractivity contribution in [3.8, 4) is 0 Å². The van der Waals surface area contributed by atoms with Crippen LogP contribution in [0.15, 0.2) is 35.1 Å². The van der Waals surface area contributed by atoms with Crippen LogP contribution < -0.4 is 16.4 Å². The van der Waals surface area contributed by atoms with E-state index in [-0.39, 0.29) is 11.5 Å². The van der Waals surface area contributed by atoms with Gasteiger partial charge in [0.1, 0.15) is 4.83 Å². The van der Waals surface area contributed by atoms with Crippen molar-refractivity contribution < 1.29 is 4.79 Å². The SMILES string of the molecule is CCn1c(NNC(=O)c2cc3c(C)nn(C)c3s2)nc2ccccc2c1=O. The molecule has 3 aromatic heterocycles. The molecule has 0 saturated carbocycles. The highest BCUT2D eigenvalue weighted by atomic mass is 32.1. The Hall–Kier alpha value is -3.20. The highest BCUT2D eigenvalue weighted by Crippen LogP contribution is 2.27. The van der Waals surface area contributed by atoms with Crippen molar-refractivity contribution in [1.82, 2.24) is 24.8 Å². The van der Waals surface area contributed by atoms with E-state index in [0.717, 1.165) is 15.9 Å². The summed E-state index contributed by atoms with van der Waals surface area (Å²) in [5.74, 6) is 0.00849. The Morgan fingerprint density at radius 2 is 2.04 bits per heavy atom. The summed E-state index contributed by atoms with van der Waals surface area (Å²) in [5.41, 5.74) is 6.75. The number of carbonyl (C=O) groups excluding carboxylic acids is 1. The summed E-state index contributed by atoms with van der Waals surface area (Å²) in [6, 6.07) is 8.96. The molecule has 0 unspecified atom stereocenters. The predicted octanol–water partition coefficient (Wildman–Crippen LogP) is 2.43. The fraction of sp³-hybridized carbons (Fsp3) is 0.222. The third-order valence-corrected chi connectivity index (χ3v) is 5.59. The van der Waals surface area contributed by atoms with Crippen LogP contribution in [0.1, 0.15) is 22.3 Å². The van der Waals surface area contributed by atoms with Crippen LogP contribution in [0.3, 0.4) is 0 Å². The normalized spacial score (nSPS) is 11.2. The number of carbonyl (C=O) groups is 1.